The molecule has 0 aliphatic carbocycles. The van der Waals surface area contributed by atoms with Crippen molar-refractivity contribution in [1.82, 2.24) is 15.1 Å². The second-order valence-electron chi connectivity index (χ2n) is 9.76. The molecular formula is C28H33N3O4. The number of aliphatic hydroxyl groups excluding tert-OH is 1. The van der Waals surface area contributed by atoms with E-state index in [2.05, 4.69) is 48.0 Å². The second-order valence-corrected chi connectivity index (χ2v) is 9.76. The molecule has 1 N–H and O–H groups in total. The summed E-state index contributed by atoms with van der Waals surface area (Å²) in [6, 6.07) is 12.0. The SMILES string of the molecule is Cc1cc(C)c(C2CCN(CC(O)COc3cccc4oc(-c5nnc(C)o5)cc34)CC2)c(C)c1. The Labute approximate surface area is 205 Å². The monoisotopic (exact) mass is 475 g/mol. The first kappa shape index (κ1) is 23.6. The van der Waals surface area contributed by atoms with Gasteiger partial charge in [-0.1, -0.05) is 23.8 Å². The van der Waals surface area contributed by atoms with Crippen molar-refractivity contribution in [3.05, 3.63) is 64.5 Å². The van der Waals surface area contributed by atoms with E-state index in [0.29, 0.717) is 41.3 Å². The number of hydrogen-bond acceptors (Lipinski definition) is 7. The van der Waals surface area contributed by atoms with Crippen molar-refractivity contribution in [3.8, 4) is 17.4 Å². The summed E-state index contributed by atoms with van der Waals surface area (Å²) in [4.78, 5) is 2.35. The number of ether oxygens (including phenoxy) is 1. The molecule has 7 nitrogen and oxygen atoms in total. The van der Waals surface area contributed by atoms with Crippen LogP contribution in [0.15, 0.2) is 45.2 Å². The molecule has 184 valence electrons. The molecule has 4 aromatic rings. The maximum absolute atomic E-state index is 10.7. The van der Waals surface area contributed by atoms with Gasteiger partial charge in [0, 0.05) is 19.5 Å². The molecule has 1 fully saturated rings. The molecule has 0 saturated carbocycles. The lowest BCUT2D eigenvalue weighted by Gasteiger charge is -2.34. The third-order valence-corrected chi connectivity index (χ3v) is 6.89. The highest BCUT2D eigenvalue weighted by molar-refractivity contribution is 5.87. The maximum atomic E-state index is 10.7. The second kappa shape index (κ2) is 9.84. The molecule has 0 spiro atoms. The Kier molecular flexibility index (Phi) is 6.62. The molecular weight excluding hydrogens is 442 g/mol. The summed E-state index contributed by atoms with van der Waals surface area (Å²) in [5.41, 5.74) is 6.32. The zero-order chi connectivity index (χ0) is 24.5. The fraction of sp³-hybridized carbons (Fsp3) is 0.429. The number of aromatic nitrogens is 2. The van der Waals surface area contributed by atoms with Gasteiger partial charge in [-0.25, -0.2) is 0 Å². The largest absolute Gasteiger partial charge is 0.490 e. The van der Waals surface area contributed by atoms with E-state index < -0.39 is 6.10 Å². The number of aryl methyl sites for hydroxylation is 4. The van der Waals surface area contributed by atoms with Crippen LogP contribution in [0.4, 0.5) is 0 Å². The van der Waals surface area contributed by atoms with Gasteiger partial charge in [0.1, 0.15) is 24.0 Å². The number of hydrogen-bond donors (Lipinski definition) is 1. The van der Waals surface area contributed by atoms with E-state index >= 15 is 0 Å². The predicted octanol–water partition coefficient (Wildman–Crippen LogP) is 5.34. The fourth-order valence-corrected chi connectivity index (χ4v) is 5.44. The molecule has 2 aromatic carbocycles. The van der Waals surface area contributed by atoms with Gasteiger partial charge in [0.2, 0.25) is 5.89 Å². The van der Waals surface area contributed by atoms with Gasteiger partial charge in [0.25, 0.3) is 5.89 Å². The van der Waals surface area contributed by atoms with E-state index in [1.807, 2.05) is 24.3 Å². The highest BCUT2D eigenvalue weighted by atomic mass is 16.5. The number of benzene rings is 2. The highest BCUT2D eigenvalue weighted by Crippen LogP contribution is 2.34. The van der Waals surface area contributed by atoms with Gasteiger partial charge in [0.15, 0.2) is 5.76 Å². The molecule has 2 aromatic heterocycles. The van der Waals surface area contributed by atoms with Gasteiger partial charge in [-0.3, -0.25) is 0 Å². The first-order valence-electron chi connectivity index (χ1n) is 12.3. The Morgan fingerprint density at radius 1 is 1.03 bits per heavy atom. The average Bonchev–Trinajstić information content (AvgIpc) is 3.44. The van der Waals surface area contributed by atoms with Gasteiger partial charge in [-0.15, -0.1) is 10.2 Å². The van der Waals surface area contributed by atoms with E-state index in [9.17, 15) is 5.11 Å². The molecule has 1 aliphatic rings. The molecule has 3 heterocycles. The average molecular weight is 476 g/mol. The summed E-state index contributed by atoms with van der Waals surface area (Å²) in [5, 5.41) is 19.4. The molecule has 0 radical (unpaired) electrons. The summed E-state index contributed by atoms with van der Waals surface area (Å²) in [5.74, 6) is 2.57. The lowest BCUT2D eigenvalue weighted by atomic mass is 9.83. The van der Waals surface area contributed by atoms with Crippen molar-refractivity contribution in [2.24, 2.45) is 0 Å². The molecule has 7 heteroatoms. The van der Waals surface area contributed by atoms with Gasteiger partial charge in [-0.2, -0.15) is 0 Å². The normalized spacial score (nSPS) is 16.1. The molecule has 35 heavy (non-hydrogen) atoms. The minimum absolute atomic E-state index is 0.218. The van der Waals surface area contributed by atoms with Crippen molar-refractivity contribution in [2.75, 3.05) is 26.2 Å². The van der Waals surface area contributed by atoms with Crippen LogP contribution < -0.4 is 4.74 Å². The summed E-state index contributed by atoms with van der Waals surface area (Å²) in [6.07, 6.45) is 1.66. The number of rotatable bonds is 7. The summed E-state index contributed by atoms with van der Waals surface area (Å²) in [6.45, 7) is 11.2. The quantitative estimate of drug-likeness (QED) is 0.386. The Morgan fingerprint density at radius 2 is 1.77 bits per heavy atom. The number of β-amino-alcohol motifs (C(OH)–C–C–N with tert-alkyl or cyclic N) is 1. The van der Waals surface area contributed by atoms with Crippen molar-refractivity contribution in [1.29, 1.82) is 0 Å². The van der Waals surface area contributed by atoms with E-state index in [0.717, 1.165) is 31.3 Å². The summed E-state index contributed by atoms with van der Waals surface area (Å²) in [7, 11) is 0. The summed E-state index contributed by atoms with van der Waals surface area (Å²) < 4.78 is 17.3. The van der Waals surface area contributed by atoms with Crippen LogP contribution in [0, 0.1) is 27.7 Å². The van der Waals surface area contributed by atoms with Crippen molar-refractivity contribution < 1.29 is 18.7 Å². The standard InChI is InChI=1S/C28H33N3O4/c1-17-12-18(2)27(19(3)13-17)21-8-10-31(11-9-21)15-22(32)16-33-24-6-5-7-25-23(24)14-26(35-25)28-30-29-20(4)34-28/h5-7,12-14,21-22,32H,8-11,15-16H2,1-4H3. The van der Waals surface area contributed by atoms with Gasteiger partial charge in [0.05, 0.1) is 5.39 Å². The van der Waals surface area contributed by atoms with Crippen LogP contribution in [0.2, 0.25) is 0 Å². The lowest BCUT2D eigenvalue weighted by molar-refractivity contribution is 0.0598. The smallest absolute Gasteiger partial charge is 0.283 e. The van der Waals surface area contributed by atoms with E-state index in [1.54, 1.807) is 6.92 Å². The first-order valence-corrected chi connectivity index (χ1v) is 12.3. The Bertz CT molecular complexity index is 1290. The van der Waals surface area contributed by atoms with Crippen molar-refractivity contribution in [3.63, 3.8) is 0 Å². The molecule has 1 saturated heterocycles. The topological polar surface area (TPSA) is 84.8 Å². The van der Waals surface area contributed by atoms with E-state index in [1.165, 1.54) is 22.3 Å². The van der Waals surface area contributed by atoms with E-state index in [4.69, 9.17) is 13.6 Å². The molecule has 0 bridgehead atoms. The van der Waals surface area contributed by atoms with Crippen LogP contribution in [-0.4, -0.2) is 52.5 Å². The van der Waals surface area contributed by atoms with Crippen LogP contribution in [0.1, 0.15) is 46.9 Å². The zero-order valence-electron chi connectivity index (χ0n) is 20.9. The molecule has 1 unspecified atom stereocenters. The van der Waals surface area contributed by atoms with Gasteiger partial charge in [-0.05, 0) is 81.4 Å². The van der Waals surface area contributed by atoms with Crippen LogP contribution in [-0.2, 0) is 0 Å². The number of fused-ring (bicyclic) bond motifs is 1. The number of furan rings is 1. The highest BCUT2D eigenvalue weighted by Gasteiger charge is 2.25. The molecule has 0 amide bonds. The lowest BCUT2D eigenvalue weighted by Crippen LogP contribution is -2.40. The van der Waals surface area contributed by atoms with Crippen molar-refractivity contribution in [2.45, 2.75) is 52.6 Å². The minimum atomic E-state index is -0.574. The Morgan fingerprint density at radius 3 is 2.46 bits per heavy atom. The number of aliphatic hydroxyl groups is 1. The van der Waals surface area contributed by atoms with Gasteiger partial charge < -0.3 is 23.6 Å². The minimum Gasteiger partial charge on any atom is -0.490 e. The number of likely N-dealkylation sites (tertiary alicyclic amines) is 1. The van der Waals surface area contributed by atoms with Crippen LogP contribution in [0.5, 0.6) is 5.75 Å². The third-order valence-electron chi connectivity index (χ3n) is 6.89. The zero-order valence-corrected chi connectivity index (χ0v) is 20.9. The summed E-state index contributed by atoms with van der Waals surface area (Å²) >= 11 is 0. The van der Waals surface area contributed by atoms with Gasteiger partial charge >= 0.3 is 0 Å². The number of piperidine rings is 1. The fourth-order valence-electron chi connectivity index (χ4n) is 5.44. The van der Waals surface area contributed by atoms with Crippen LogP contribution >= 0.6 is 0 Å². The van der Waals surface area contributed by atoms with Crippen LogP contribution in [0.25, 0.3) is 22.6 Å². The molecule has 5 rings (SSSR count). The third kappa shape index (κ3) is 5.11. The first-order chi connectivity index (χ1) is 16.9. The predicted molar refractivity (Wildman–Crippen MR) is 135 cm³/mol. The van der Waals surface area contributed by atoms with Crippen molar-refractivity contribution >= 4 is 11.0 Å². The number of nitrogens with zero attached hydrogens (tertiary/aromatic N) is 3. The van der Waals surface area contributed by atoms with Crippen LogP contribution in [0.3, 0.4) is 0 Å². The van der Waals surface area contributed by atoms with E-state index in [-0.39, 0.29) is 6.61 Å². The Balaban J connectivity index is 1.17. The molecule has 1 aliphatic heterocycles. The maximum Gasteiger partial charge on any atom is 0.283 e. The Hall–Kier alpha value is -3.16. The molecule has 1 atom stereocenters.